The molecule has 1 unspecified atom stereocenters. The Hall–Kier alpha value is -3.14. The fourth-order valence-electron chi connectivity index (χ4n) is 4.32. The molecule has 0 bridgehead atoms. The maximum Gasteiger partial charge on any atom is 0.267 e. The first-order valence-electron chi connectivity index (χ1n) is 11.5. The molecule has 35 heavy (non-hydrogen) atoms. The zero-order chi connectivity index (χ0) is 24.5. The van der Waals surface area contributed by atoms with E-state index in [-0.39, 0.29) is 17.2 Å². The predicted molar refractivity (Wildman–Crippen MR) is 141 cm³/mol. The number of thioether (sulfide) groups is 1. The smallest absolute Gasteiger partial charge is 0.267 e. The van der Waals surface area contributed by atoms with Crippen LogP contribution >= 0.6 is 23.1 Å². The fraction of sp³-hybridized carbons (Fsp3) is 0.269. The molecule has 5 rings (SSSR count). The molecule has 2 N–H and O–H groups in total. The Balaban J connectivity index is 1.52. The maximum absolute atomic E-state index is 13.9. The van der Waals surface area contributed by atoms with Crippen LogP contribution in [0.3, 0.4) is 0 Å². The number of carbonyl (C=O) groups excluding carboxylic acids is 1. The number of fused-ring (bicyclic) bond motifs is 3. The molecule has 3 heterocycles. The molecule has 0 saturated heterocycles. The molecule has 4 aromatic rings. The molecule has 1 amide bonds. The van der Waals surface area contributed by atoms with Crippen LogP contribution in [-0.4, -0.2) is 41.9 Å². The first-order valence-corrected chi connectivity index (χ1v) is 13.3. The minimum absolute atomic E-state index is 0.0662. The number of quaternary nitrogens is 1. The minimum Gasteiger partial charge on any atom is -0.495 e. The Bertz CT molecular complexity index is 1460. The second kappa shape index (κ2) is 9.85. The number of carbonyl (C=O) groups is 1. The third-order valence-electron chi connectivity index (χ3n) is 6.15. The summed E-state index contributed by atoms with van der Waals surface area (Å²) in [5, 5.41) is 4.13. The first-order chi connectivity index (χ1) is 16.9. The zero-order valence-electron chi connectivity index (χ0n) is 19.9. The summed E-state index contributed by atoms with van der Waals surface area (Å²) in [5.41, 5.74) is 3.54. The summed E-state index contributed by atoms with van der Waals surface area (Å²) in [6.07, 6.45) is 0.875. The Morgan fingerprint density at radius 3 is 2.77 bits per heavy atom. The van der Waals surface area contributed by atoms with Gasteiger partial charge in [0.05, 0.1) is 48.1 Å². The SMILES string of the molecule is COc1ccccc1NC(=O)CSc1nc2sc3c(c2c(=O)n1-c1ccc(C)cc1)CC[NH+](C)C3. The van der Waals surface area contributed by atoms with Crippen LogP contribution in [-0.2, 0) is 17.8 Å². The highest BCUT2D eigenvalue weighted by Crippen LogP contribution is 2.32. The fourth-order valence-corrected chi connectivity index (χ4v) is 6.51. The van der Waals surface area contributed by atoms with Gasteiger partial charge in [-0.1, -0.05) is 41.6 Å². The number of methoxy groups -OCH3 is 1. The molecule has 0 spiro atoms. The van der Waals surface area contributed by atoms with E-state index < -0.39 is 0 Å². The van der Waals surface area contributed by atoms with Crippen LogP contribution in [0.25, 0.3) is 15.9 Å². The van der Waals surface area contributed by atoms with Gasteiger partial charge >= 0.3 is 0 Å². The molecule has 7 nitrogen and oxygen atoms in total. The highest BCUT2D eigenvalue weighted by molar-refractivity contribution is 7.99. The molecule has 0 aliphatic carbocycles. The van der Waals surface area contributed by atoms with Crippen LogP contribution in [0.5, 0.6) is 5.75 Å². The number of aryl methyl sites for hydroxylation is 1. The van der Waals surface area contributed by atoms with Gasteiger partial charge in [-0.3, -0.25) is 14.2 Å². The van der Waals surface area contributed by atoms with Crippen molar-refractivity contribution in [2.24, 2.45) is 0 Å². The number of thiophene rings is 1. The second-order valence-corrected chi connectivity index (χ2v) is 10.8. The van der Waals surface area contributed by atoms with Gasteiger partial charge in [0, 0.05) is 6.42 Å². The number of ether oxygens (including phenoxy) is 1. The van der Waals surface area contributed by atoms with E-state index in [1.54, 1.807) is 35.1 Å². The molecule has 0 radical (unpaired) electrons. The molecule has 1 atom stereocenters. The number of rotatable bonds is 6. The van der Waals surface area contributed by atoms with Crippen molar-refractivity contribution in [3.63, 3.8) is 0 Å². The summed E-state index contributed by atoms with van der Waals surface area (Å²) >= 11 is 2.87. The Morgan fingerprint density at radius 2 is 2.00 bits per heavy atom. The highest BCUT2D eigenvalue weighted by atomic mass is 32.2. The standard InChI is InChI=1S/C26H26N4O3S2/c1-16-8-10-17(11-9-16)30-25(32)23-18-12-13-29(2)14-21(18)35-24(23)28-26(30)34-15-22(31)27-19-6-4-5-7-20(19)33-3/h4-11H,12-15H2,1-3H3,(H,27,31)/p+1. The Morgan fingerprint density at radius 1 is 1.23 bits per heavy atom. The van der Waals surface area contributed by atoms with Crippen LogP contribution < -0.4 is 20.5 Å². The monoisotopic (exact) mass is 507 g/mol. The summed E-state index contributed by atoms with van der Waals surface area (Å²) in [6.45, 7) is 3.92. The van der Waals surface area contributed by atoms with Crippen molar-refractivity contribution in [2.75, 3.05) is 31.8 Å². The molecule has 0 fully saturated rings. The molecule has 180 valence electrons. The van der Waals surface area contributed by atoms with E-state index in [0.29, 0.717) is 16.6 Å². The molecule has 2 aromatic heterocycles. The molecular formula is C26H27N4O3S2+. The lowest BCUT2D eigenvalue weighted by molar-refractivity contribution is -0.895. The van der Waals surface area contributed by atoms with Crippen molar-refractivity contribution >= 4 is 44.9 Å². The summed E-state index contributed by atoms with van der Waals surface area (Å²) in [5.74, 6) is 0.512. The van der Waals surface area contributed by atoms with Crippen LogP contribution in [0.15, 0.2) is 58.5 Å². The average Bonchev–Trinajstić information content (AvgIpc) is 3.21. The number of para-hydroxylation sites is 2. The Kier molecular flexibility index (Phi) is 6.64. The predicted octanol–water partition coefficient (Wildman–Crippen LogP) is 3.07. The lowest BCUT2D eigenvalue weighted by Gasteiger charge is -2.19. The lowest BCUT2D eigenvalue weighted by atomic mass is 10.1. The van der Waals surface area contributed by atoms with Gasteiger partial charge in [-0.15, -0.1) is 11.3 Å². The van der Waals surface area contributed by atoms with Crippen LogP contribution in [0.2, 0.25) is 0 Å². The van der Waals surface area contributed by atoms with Crippen LogP contribution in [0, 0.1) is 6.92 Å². The van der Waals surface area contributed by atoms with E-state index in [2.05, 4.69) is 12.4 Å². The van der Waals surface area contributed by atoms with E-state index >= 15 is 0 Å². The Labute approximate surface area is 211 Å². The van der Waals surface area contributed by atoms with Gasteiger partial charge in [-0.25, -0.2) is 4.98 Å². The second-order valence-electron chi connectivity index (χ2n) is 8.73. The lowest BCUT2D eigenvalue weighted by Crippen LogP contribution is -3.08. The molecule has 9 heteroatoms. The third kappa shape index (κ3) is 4.71. The van der Waals surface area contributed by atoms with Crippen molar-refractivity contribution in [3.05, 3.63) is 74.9 Å². The summed E-state index contributed by atoms with van der Waals surface area (Å²) in [4.78, 5) is 35.0. The van der Waals surface area contributed by atoms with E-state index in [1.165, 1.54) is 21.5 Å². The molecule has 0 saturated carbocycles. The van der Waals surface area contributed by atoms with Crippen molar-refractivity contribution in [1.29, 1.82) is 0 Å². The average molecular weight is 508 g/mol. The zero-order valence-corrected chi connectivity index (χ0v) is 21.5. The van der Waals surface area contributed by atoms with E-state index in [4.69, 9.17) is 9.72 Å². The largest absolute Gasteiger partial charge is 0.495 e. The number of amides is 1. The summed E-state index contributed by atoms with van der Waals surface area (Å²) < 4.78 is 6.98. The van der Waals surface area contributed by atoms with Crippen molar-refractivity contribution in [3.8, 4) is 11.4 Å². The van der Waals surface area contributed by atoms with Crippen LogP contribution in [0.4, 0.5) is 5.69 Å². The van der Waals surface area contributed by atoms with Gasteiger partial charge in [0.1, 0.15) is 17.1 Å². The number of benzene rings is 2. The number of likely N-dealkylation sites (N-methyl/N-ethyl adjacent to an activating group) is 1. The molecule has 2 aromatic carbocycles. The van der Waals surface area contributed by atoms with E-state index in [9.17, 15) is 9.59 Å². The third-order valence-corrected chi connectivity index (χ3v) is 8.21. The van der Waals surface area contributed by atoms with Gasteiger partial charge < -0.3 is 15.0 Å². The number of nitrogens with one attached hydrogen (secondary N) is 2. The molecule has 1 aliphatic rings. The van der Waals surface area contributed by atoms with Crippen molar-refractivity contribution < 1.29 is 14.4 Å². The number of hydrogen-bond donors (Lipinski definition) is 2. The van der Waals surface area contributed by atoms with Gasteiger partial charge in [0.25, 0.3) is 5.56 Å². The number of anilines is 1. The topological polar surface area (TPSA) is 77.7 Å². The molecular weight excluding hydrogens is 480 g/mol. The minimum atomic E-state index is -0.194. The van der Waals surface area contributed by atoms with E-state index in [0.717, 1.165) is 46.5 Å². The highest BCUT2D eigenvalue weighted by Gasteiger charge is 2.26. The summed E-state index contributed by atoms with van der Waals surface area (Å²) in [7, 11) is 3.74. The van der Waals surface area contributed by atoms with Crippen molar-refractivity contribution in [2.45, 2.75) is 25.0 Å². The van der Waals surface area contributed by atoms with E-state index in [1.807, 2.05) is 43.3 Å². The van der Waals surface area contributed by atoms with Gasteiger partial charge in [-0.2, -0.15) is 0 Å². The van der Waals surface area contributed by atoms with Crippen LogP contribution in [0.1, 0.15) is 16.0 Å². The van der Waals surface area contributed by atoms with Gasteiger partial charge in [-0.05, 0) is 36.8 Å². The number of aromatic nitrogens is 2. The maximum atomic E-state index is 13.9. The van der Waals surface area contributed by atoms with Crippen molar-refractivity contribution in [1.82, 2.24) is 9.55 Å². The summed E-state index contributed by atoms with van der Waals surface area (Å²) in [6, 6.07) is 15.1. The number of hydrogen-bond acceptors (Lipinski definition) is 6. The quantitative estimate of drug-likeness (QED) is 0.310. The number of nitrogens with zero attached hydrogens (tertiary/aromatic N) is 2. The van der Waals surface area contributed by atoms with Gasteiger partial charge in [0.15, 0.2) is 5.16 Å². The molecule has 1 aliphatic heterocycles. The normalized spacial score (nSPS) is 15.1. The van der Waals surface area contributed by atoms with Gasteiger partial charge in [0.2, 0.25) is 5.91 Å². The first kappa shape index (κ1) is 23.6.